The van der Waals surface area contributed by atoms with Crippen LogP contribution in [-0.2, 0) is 17.8 Å². The van der Waals surface area contributed by atoms with Gasteiger partial charge in [0.25, 0.3) is 0 Å². The van der Waals surface area contributed by atoms with Gasteiger partial charge in [-0.3, -0.25) is 4.79 Å². The molecule has 0 saturated heterocycles. The van der Waals surface area contributed by atoms with E-state index in [4.69, 9.17) is 14.6 Å². The number of ether oxygens (including phenoxy) is 2. The summed E-state index contributed by atoms with van der Waals surface area (Å²) in [6.45, 7) is 9.28. The second-order valence-electron chi connectivity index (χ2n) is 10.1. The Morgan fingerprint density at radius 1 is 1.00 bits per heavy atom. The van der Waals surface area contributed by atoms with E-state index in [0.717, 1.165) is 35.1 Å². The Balaban J connectivity index is 1.94. The molecule has 192 valence electrons. The number of aliphatic carboxylic acids is 1. The highest BCUT2D eigenvalue weighted by molar-refractivity contribution is 5.71. The van der Waals surface area contributed by atoms with E-state index in [1.54, 1.807) is 19.2 Å². The van der Waals surface area contributed by atoms with E-state index >= 15 is 0 Å². The molecule has 3 aromatic carbocycles. The topological polar surface area (TPSA) is 55.8 Å². The number of hydrogen-bond donors (Lipinski definition) is 1. The van der Waals surface area contributed by atoms with Crippen molar-refractivity contribution in [2.45, 2.75) is 65.9 Å². The normalized spacial score (nSPS) is 12.3. The van der Waals surface area contributed by atoms with Crippen molar-refractivity contribution in [2.24, 2.45) is 5.41 Å². The van der Waals surface area contributed by atoms with E-state index < -0.39 is 5.97 Å². The summed E-state index contributed by atoms with van der Waals surface area (Å²) in [5, 5.41) is 8.95. The summed E-state index contributed by atoms with van der Waals surface area (Å²) >= 11 is 0. The van der Waals surface area contributed by atoms with Crippen LogP contribution < -0.4 is 9.47 Å². The highest BCUT2D eigenvalue weighted by Crippen LogP contribution is 2.44. The molecule has 0 spiro atoms. The largest absolute Gasteiger partial charge is 0.497 e. The average Bonchev–Trinajstić information content (AvgIpc) is 2.86. The first kappa shape index (κ1) is 27.3. The van der Waals surface area contributed by atoms with Gasteiger partial charge < -0.3 is 14.6 Å². The number of halogens is 1. The molecule has 1 atom stereocenters. The van der Waals surface area contributed by atoms with Gasteiger partial charge in [0.2, 0.25) is 0 Å². The minimum Gasteiger partial charge on any atom is -0.497 e. The van der Waals surface area contributed by atoms with Crippen molar-refractivity contribution in [3.8, 4) is 22.6 Å². The van der Waals surface area contributed by atoms with Crippen LogP contribution in [-0.4, -0.2) is 18.2 Å². The second-order valence-corrected chi connectivity index (χ2v) is 10.1. The number of carboxylic acids is 1. The molecule has 1 unspecified atom stereocenters. The SMILES string of the molecule is CCCC(C)(C)C(C)c1cc(COc2cccc(CCC(=O)O)c2)ccc1-c1cc(OC)ccc1F. The van der Waals surface area contributed by atoms with Crippen LogP contribution in [0.3, 0.4) is 0 Å². The molecule has 0 aliphatic heterocycles. The van der Waals surface area contributed by atoms with E-state index in [9.17, 15) is 9.18 Å². The highest BCUT2D eigenvalue weighted by Gasteiger charge is 2.29. The lowest BCUT2D eigenvalue weighted by molar-refractivity contribution is -0.136. The molecule has 0 amide bonds. The molecule has 0 fully saturated rings. The Bertz CT molecular complexity index is 1180. The van der Waals surface area contributed by atoms with E-state index in [2.05, 4.69) is 33.8 Å². The highest BCUT2D eigenvalue weighted by atomic mass is 19.1. The lowest BCUT2D eigenvalue weighted by Gasteiger charge is -2.34. The van der Waals surface area contributed by atoms with Gasteiger partial charge in [0, 0.05) is 12.0 Å². The number of aryl methyl sites for hydroxylation is 1. The summed E-state index contributed by atoms with van der Waals surface area (Å²) in [5.74, 6) is 0.397. The van der Waals surface area contributed by atoms with Gasteiger partial charge in [0.1, 0.15) is 23.9 Å². The smallest absolute Gasteiger partial charge is 0.303 e. The lowest BCUT2D eigenvalue weighted by Crippen LogP contribution is -2.20. The molecule has 1 N–H and O–H groups in total. The van der Waals surface area contributed by atoms with Crippen molar-refractivity contribution in [1.29, 1.82) is 0 Å². The Morgan fingerprint density at radius 2 is 1.78 bits per heavy atom. The molecule has 3 rings (SSSR count). The lowest BCUT2D eigenvalue weighted by atomic mass is 9.71. The van der Waals surface area contributed by atoms with E-state index in [-0.39, 0.29) is 23.6 Å². The van der Waals surface area contributed by atoms with Crippen LogP contribution in [0.2, 0.25) is 0 Å². The Labute approximate surface area is 214 Å². The standard InChI is InChI=1S/C31H37FO4/c1-6-16-31(3,4)21(2)27-18-23(10-13-26(27)28-19-24(35-5)12-14-29(28)32)20-36-25-9-7-8-22(17-25)11-15-30(33)34/h7-10,12-14,17-19,21H,6,11,15-16,20H2,1-5H3,(H,33,34). The molecule has 0 bridgehead atoms. The van der Waals surface area contributed by atoms with Crippen LogP contribution in [0.15, 0.2) is 60.7 Å². The van der Waals surface area contributed by atoms with E-state index in [0.29, 0.717) is 30.1 Å². The minimum absolute atomic E-state index is 0.0246. The molecule has 0 heterocycles. The van der Waals surface area contributed by atoms with Crippen molar-refractivity contribution in [3.63, 3.8) is 0 Å². The number of methoxy groups -OCH3 is 1. The van der Waals surface area contributed by atoms with Gasteiger partial charge in [-0.25, -0.2) is 4.39 Å². The summed E-state index contributed by atoms with van der Waals surface area (Å²) in [6.07, 6.45) is 2.67. The second kappa shape index (κ2) is 12.1. The van der Waals surface area contributed by atoms with E-state index in [1.165, 1.54) is 6.07 Å². The van der Waals surface area contributed by atoms with Crippen LogP contribution in [0.5, 0.6) is 11.5 Å². The molecular formula is C31H37FO4. The van der Waals surface area contributed by atoms with Crippen molar-refractivity contribution < 1.29 is 23.8 Å². The zero-order valence-corrected chi connectivity index (χ0v) is 21.9. The third-order valence-electron chi connectivity index (χ3n) is 7.04. The molecule has 0 aliphatic rings. The molecule has 0 aliphatic carbocycles. The zero-order valence-electron chi connectivity index (χ0n) is 21.9. The van der Waals surface area contributed by atoms with E-state index in [1.807, 2.05) is 36.4 Å². The summed E-state index contributed by atoms with van der Waals surface area (Å²) in [6, 6.07) is 18.5. The Morgan fingerprint density at radius 3 is 2.47 bits per heavy atom. The number of carbonyl (C=O) groups is 1. The predicted molar refractivity (Wildman–Crippen MR) is 142 cm³/mol. The van der Waals surface area contributed by atoms with Crippen molar-refractivity contribution in [1.82, 2.24) is 0 Å². The van der Waals surface area contributed by atoms with Gasteiger partial charge in [0.15, 0.2) is 0 Å². The van der Waals surface area contributed by atoms with Crippen molar-refractivity contribution in [3.05, 3.63) is 83.2 Å². The third kappa shape index (κ3) is 6.87. The van der Waals surface area contributed by atoms with Crippen molar-refractivity contribution >= 4 is 5.97 Å². The number of benzene rings is 3. The van der Waals surface area contributed by atoms with Crippen LogP contribution >= 0.6 is 0 Å². The fourth-order valence-corrected chi connectivity index (χ4v) is 4.63. The average molecular weight is 493 g/mol. The fraction of sp³-hybridized carbons (Fsp3) is 0.387. The van der Waals surface area contributed by atoms with Crippen LogP contribution in [0, 0.1) is 11.2 Å². The maximum atomic E-state index is 15.0. The Hall–Kier alpha value is -3.34. The van der Waals surface area contributed by atoms with Crippen LogP contribution in [0.4, 0.5) is 4.39 Å². The van der Waals surface area contributed by atoms with Gasteiger partial charge >= 0.3 is 5.97 Å². The van der Waals surface area contributed by atoms with Gasteiger partial charge in [-0.15, -0.1) is 0 Å². The Kier molecular flexibility index (Phi) is 9.14. The molecule has 4 nitrogen and oxygen atoms in total. The zero-order chi connectivity index (χ0) is 26.3. The van der Waals surface area contributed by atoms with Crippen molar-refractivity contribution in [2.75, 3.05) is 7.11 Å². The molecule has 0 saturated carbocycles. The summed E-state index contributed by atoms with van der Waals surface area (Å²) in [4.78, 5) is 10.9. The monoisotopic (exact) mass is 492 g/mol. The predicted octanol–water partition coefficient (Wildman–Crippen LogP) is 8.03. The summed E-state index contributed by atoms with van der Waals surface area (Å²) in [7, 11) is 1.59. The summed E-state index contributed by atoms with van der Waals surface area (Å²) in [5.41, 5.74) is 4.42. The maximum Gasteiger partial charge on any atom is 0.303 e. The molecule has 5 heteroatoms. The quantitative estimate of drug-likeness (QED) is 0.278. The number of rotatable bonds is 12. The molecule has 0 radical (unpaired) electrons. The number of hydrogen-bond acceptors (Lipinski definition) is 3. The third-order valence-corrected chi connectivity index (χ3v) is 7.04. The first-order chi connectivity index (χ1) is 17.1. The van der Waals surface area contributed by atoms with Gasteiger partial charge in [-0.05, 0) is 76.8 Å². The minimum atomic E-state index is -0.818. The van der Waals surface area contributed by atoms with Gasteiger partial charge in [-0.1, -0.05) is 64.4 Å². The molecule has 3 aromatic rings. The van der Waals surface area contributed by atoms with Crippen LogP contribution in [0.1, 0.15) is 69.6 Å². The fourth-order valence-electron chi connectivity index (χ4n) is 4.63. The van der Waals surface area contributed by atoms with Gasteiger partial charge in [-0.2, -0.15) is 0 Å². The first-order valence-corrected chi connectivity index (χ1v) is 12.5. The summed E-state index contributed by atoms with van der Waals surface area (Å²) < 4.78 is 26.4. The van der Waals surface area contributed by atoms with Gasteiger partial charge in [0.05, 0.1) is 7.11 Å². The maximum absolute atomic E-state index is 15.0. The number of carboxylic acid groups (broad SMARTS) is 1. The molecule has 36 heavy (non-hydrogen) atoms. The first-order valence-electron chi connectivity index (χ1n) is 12.5. The van der Waals surface area contributed by atoms with Crippen LogP contribution in [0.25, 0.3) is 11.1 Å². The molecular weight excluding hydrogens is 455 g/mol. The molecule has 0 aromatic heterocycles.